The van der Waals surface area contributed by atoms with Crippen LogP contribution >= 0.6 is 22.7 Å². The average Bonchev–Trinajstić information content (AvgIpc) is 1.46. The highest BCUT2D eigenvalue weighted by Crippen LogP contribution is 2.37. The summed E-state index contributed by atoms with van der Waals surface area (Å²) in [7, 11) is 7.34. The topological polar surface area (TPSA) is 481 Å². The number of carbonyl (C=O) groups excluding carboxylic acids is 12. The number of benzene rings is 2. The van der Waals surface area contributed by atoms with Crippen molar-refractivity contribution in [3.05, 3.63) is 90.8 Å². The average molecular weight is 2000 g/mol. The molecule has 6 rings (SSSR count). The molecule has 2 aromatic carbocycles. The molecule has 6 amide bonds. The first-order valence-corrected chi connectivity index (χ1v) is 50.9. The molecule has 2 aliphatic heterocycles. The van der Waals surface area contributed by atoms with Crippen LogP contribution in [0.1, 0.15) is 251 Å². The van der Waals surface area contributed by atoms with E-state index in [4.69, 9.17) is 37.9 Å². The Morgan fingerprint density at radius 3 is 1.15 bits per heavy atom. The smallest absolute Gasteiger partial charge is 0.306 e. The minimum atomic E-state index is -1.08. The number of likely N-dealkylation sites (N-methyl/N-ethyl adjacent to an activating group) is 2. The van der Waals surface area contributed by atoms with Crippen molar-refractivity contribution in [3.8, 4) is 23.3 Å². The predicted molar refractivity (Wildman–Crippen MR) is 525 cm³/mol. The molecule has 0 radical (unpaired) electrons. The van der Waals surface area contributed by atoms with Gasteiger partial charge in [0.05, 0.1) is 103 Å². The number of aliphatic carboxylic acids is 2. The molecule has 2 aromatic heterocycles. The minimum absolute atomic E-state index is 0.00237. The van der Waals surface area contributed by atoms with Crippen molar-refractivity contribution in [2.75, 3.05) is 134 Å². The van der Waals surface area contributed by atoms with E-state index in [-0.39, 0.29) is 263 Å². The molecule has 2 aliphatic rings. The third-order valence-corrected chi connectivity index (χ3v) is 27.8. The Morgan fingerprint density at radius 2 is 0.829 bits per heavy atom. The van der Waals surface area contributed by atoms with Crippen molar-refractivity contribution in [1.82, 2.24) is 50.8 Å². The summed E-state index contributed by atoms with van der Waals surface area (Å²) in [5.74, 6) is -5.70. The zero-order valence-corrected chi connectivity index (χ0v) is 86.2. The molecule has 0 bridgehead atoms. The number of aromatic nitrogens is 2. The number of hydrogen-bond acceptors (Lipinski definition) is 30. The van der Waals surface area contributed by atoms with Crippen LogP contribution < -0.4 is 21.3 Å². The van der Waals surface area contributed by atoms with E-state index in [9.17, 15) is 87.5 Å². The second-order valence-electron chi connectivity index (χ2n) is 37.6. The Morgan fingerprint density at radius 1 is 0.486 bits per heavy atom. The molecule has 38 heteroatoms. The number of carboxylic acid groups (broad SMARTS) is 2. The van der Waals surface area contributed by atoms with Crippen LogP contribution in [0.15, 0.2) is 47.2 Å². The summed E-state index contributed by atoms with van der Waals surface area (Å²) >= 11 is 2.21. The first-order chi connectivity index (χ1) is 66.6. The lowest BCUT2D eigenvalue weighted by Gasteiger charge is -2.37. The normalized spacial score (nSPS) is 16.6. The molecular formula is C102H152N10O26S2. The van der Waals surface area contributed by atoms with Crippen molar-refractivity contribution < 1.29 is 125 Å². The number of phenols is 2. The van der Waals surface area contributed by atoms with Crippen LogP contribution in [-0.2, 0) is 121 Å². The molecule has 140 heavy (non-hydrogen) atoms. The number of ketones is 4. The van der Waals surface area contributed by atoms with Gasteiger partial charge in [0.2, 0.25) is 11.8 Å². The van der Waals surface area contributed by atoms with Gasteiger partial charge in [-0.15, -0.1) is 22.7 Å². The Kier molecular flexibility index (Phi) is 52.8. The van der Waals surface area contributed by atoms with Gasteiger partial charge in [0.25, 0.3) is 23.6 Å². The number of phenolic OH excluding ortho intramolecular Hbond substituents is 2. The van der Waals surface area contributed by atoms with E-state index in [0.717, 1.165) is 74.3 Å². The molecule has 778 valence electrons. The molecule has 36 nitrogen and oxygen atoms in total. The third kappa shape index (κ3) is 41.5. The summed E-state index contributed by atoms with van der Waals surface area (Å²) in [6.07, 6.45) is 5.60. The van der Waals surface area contributed by atoms with Gasteiger partial charge in [-0.05, 0) is 125 Å². The lowest BCUT2D eigenvalue weighted by molar-refractivity contribution is -0.150. The summed E-state index contributed by atoms with van der Waals surface area (Å²) in [6.45, 7) is 25.2. The summed E-state index contributed by atoms with van der Waals surface area (Å²) in [6, 6.07) is 6.53. The maximum Gasteiger partial charge on any atom is 0.306 e. The van der Waals surface area contributed by atoms with Gasteiger partial charge in [0.15, 0.2) is 23.8 Å². The van der Waals surface area contributed by atoms with E-state index in [0.29, 0.717) is 45.1 Å². The molecule has 2 saturated heterocycles. The predicted octanol–water partition coefficient (Wildman–Crippen LogP) is 10.1. The molecular weight excluding hydrogens is 1850 g/mol. The van der Waals surface area contributed by atoms with Gasteiger partial charge in [-0.3, -0.25) is 76.9 Å². The number of Topliss-reactive ketones (excluding diaryl/α,β-unsaturated/α-hetero) is 4. The Labute approximate surface area is 832 Å². The summed E-state index contributed by atoms with van der Waals surface area (Å²) < 4.78 is 45.0. The number of amides is 6. The first-order valence-electron chi connectivity index (χ1n) is 49.1. The van der Waals surface area contributed by atoms with Crippen molar-refractivity contribution in [2.24, 2.45) is 47.3 Å². The van der Waals surface area contributed by atoms with Gasteiger partial charge >= 0.3 is 23.9 Å². The molecule has 0 aliphatic carbocycles. The number of likely N-dealkylation sites (tertiary alicyclic amines) is 2. The number of carboxylic acids is 2. The Bertz CT molecular complexity index is 4460. The second-order valence-corrected chi connectivity index (χ2v) is 39.4. The molecule has 0 spiro atoms. The second kappa shape index (κ2) is 62.4. The van der Waals surface area contributed by atoms with Gasteiger partial charge in [-0.2, -0.15) is 0 Å². The maximum atomic E-state index is 14.5. The van der Waals surface area contributed by atoms with Crippen LogP contribution in [0.25, 0.3) is 0 Å². The highest BCUT2D eigenvalue weighted by Gasteiger charge is 2.41. The van der Waals surface area contributed by atoms with Crippen LogP contribution in [0.5, 0.6) is 11.5 Å². The van der Waals surface area contributed by atoms with Gasteiger partial charge in [-0.1, -0.05) is 119 Å². The highest BCUT2D eigenvalue weighted by atomic mass is 32.1. The Balaban J connectivity index is 0.811. The number of esters is 2. The van der Waals surface area contributed by atoms with Crippen molar-refractivity contribution in [1.29, 1.82) is 0 Å². The molecule has 0 saturated carbocycles. The van der Waals surface area contributed by atoms with Crippen molar-refractivity contribution in [3.63, 3.8) is 0 Å². The standard InChI is InChI=1S/C102H152N10O26S2/c1-17-65(7)79(57-89(119)83-23-19-21-35-109(83)13)99(125)111(15)85(63(3)4)59-91(137-69(11)113)97-107-81(61-139-97)95(123)105-75(49-67(9)101(127)128)53-71-25-27-87(117)73(51-71)55-77(115)31-37-131-41-45-135-47-43-133-39-33-103-93(121)29-30-94(122)104-34-40-134-44-48-136-46-42-132-38-32-78(116)56-74-52-72(26-28-88(74)118)54-76(50-68(10)102(129)130)106-96(124)82-62-140-98(108-82)92(138-70(12)114)60-86(64(5)6)112(16)100(126)80(66(8)18-2)58-90(120)84-24-20-22-36-110(84)14/h25-28,51-52,61-68,75-76,79-80,83-86,91-92,117-118H,17-24,31-50,53-60H2,1-16H3,(H,103,121)(H,104,122)(H,105,123)(H,106,124)(H,127,128)(H,129,130)/t65-,66-,67?,68?,75+,76+,79-,80-,83+,84+,85+,86+,91+,92+/m0/s1. The lowest BCUT2D eigenvalue weighted by atomic mass is 9.83. The zero-order chi connectivity index (χ0) is 103. The summed E-state index contributed by atoms with van der Waals surface area (Å²) in [5, 5.41) is 56.1. The fraction of sp³-hybridized carbons (Fsp3) is 0.667. The van der Waals surface area contributed by atoms with Crippen LogP contribution in [0.3, 0.4) is 0 Å². The fourth-order valence-electron chi connectivity index (χ4n) is 17.3. The number of thiazole rings is 2. The number of hydrogen-bond donors (Lipinski definition) is 8. The monoisotopic (exact) mass is 2000 g/mol. The molecule has 8 N–H and O–H groups in total. The number of rotatable bonds is 66. The van der Waals surface area contributed by atoms with Crippen molar-refractivity contribution >= 4 is 105 Å². The molecule has 4 heterocycles. The number of aromatic hydroxyl groups is 2. The van der Waals surface area contributed by atoms with E-state index < -0.39 is 108 Å². The molecule has 2 fully saturated rings. The van der Waals surface area contributed by atoms with Crippen LogP contribution in [-0.4, -0.2) is 302 Å². The number of nitrogens with zero attached hydrogens (tertiary/aromatic N) is 6. The highest BCUT2D eigenvalue weighted by molar-refractivity contribution is 7.10. The van der Waals surface area contributed by atoms with E-state index in [1.807, 2.05) is 69.5 Å². The minimum Gasteiger partial charge on any atom is -0.508 e. The van der Waals surface area contributed by atoms with Crippen LogP contribution in [0.4, 0.5) is 0 Å². The lowest BCUT2D eigenvalue weighted by Crippen LogP contribution is -2.48. The molecule has 14 atom stereocenters. The third-order valence-electron chi connectivity index (χ3n) is 25.9. The van der Waals surface area contributed by atoms with E-state index >= 15 is 0 Å². The van der Waals surface area contributed by atoms with Gasteiger partial charge in [-0.25, -0.2) is 9.97 Å². The summed E-state index contributed by atoms with van der Waals surface area (Å²) in [5.41, 5.74) is 1.88. The molecule has 4 aromatic rings. The van der Waals surface area contributed by atoms with E-state index in [2.05, 4.69) is 52.9 Å². The number of nitrogens with one attached hydrogen (secondary N) is 4. The van der Waals surface area contributed by atoms with E-state index in [1.165, 1.54) is 50.6 Å². The number of ether oxygens (including phenoxy) is 8. The molecule has 2 unspecified atom stereocenters. The van der Waals surface area contributed by atoms with Gasteiger partial charge in [0.1, 0.15) is 44.5 Å². The van der Waals surface area contributed by atoms with E-state index in [1.54, 1.807) is 48.2 Å². The fourth-order valence-corrected chi connectivity index (χ4v) is 19.0. The quantitative estimate of drug-likeness (QED) is 0.0116. The Hall–Kier alpha value is -10.1. The van der Waals surface area contributed by atoms with Crippen LogP contribution in [0.2, 0.25) is 0 Å². The maximum absolute atomic E-state index is 14.5. The zero-order valence-electron chi connectivity index (χ0n) is 84.6. The largest absolute Gasteiger partial charge is 0.508 e. The number of carbonyl (C=O) groups is 14. The van der Waals surface area contributed by atoms with Crippen molar-refractivity contribution in [2.45, 2.75) is 260 Å². The SMILES string of the molecule is CC[C@H](C)[C@H](CC(=O)[C@H]1CCCCN1C)C(=O)N(C)[C@H](C[C@@H](OC(C)=O)c1nc(C(=O)N[C@@H](Cc2ccc(O)c(CC(=O)CCOCCOCCOCCNC(=O)C#CC(=O)NCCOCCOCCOCCC(=O)Cc3cc(C[C@@H](CC(C)C(=O)O)NC(=O)c4csc([C@@H](C[C@H](C(C)C)N(C)C(=O)[C@@H](CC(=O)[C@H]5CCCCN5C)[C@@H](C)CC)OC(C)=O)n4)ccc3O)c2)CC(C)C(=O)O)cs1)C(C)C. The van der Waals surface area contributed by atoms with Crippen LogP contribution in [0, 0.1) is 59.2 Å². The van der Waals surface area contributed by atoms with Gasteiger partial charge in [0, 0.05) is 162 Å². The van der Waals surface area contributed by atoms with Gasteiger partial charge < -0.3 is 89.4 Å². The first kappa shape index (κ1) is 119. The summed E-state index contributed by atoms with van der Waals surface area (Å²) in [4.78, 5) is 202. The number of piperidine rings is 2.